The van der Waals surface area contributed by atoms with Crippen LogP contribution in [0.3, 0.4) is 0 Å². The molecule has 0 unspecified atom stereocenters. The Bertz CT molecular complexity index is 216. The molecule has 1 N–H and O–H groups in total. The number of aliphatic hydroxyl groups is 1. The molecule has 0 spiro atoms. The summed E-state index contributed by atoms with van der Waals surface area (Å²) in [4.78, 5) is 0. The summed E-state index contributed by atoms with van der Waals surface area (Å²) >= 11 is 0. The summed E-state index contributed by atoms with van der Waals surface area (Å²) in [6, 6.07) is 0. The molecule has 0 aliphatic carbocycles. The Labute approximate surface area is 111 Å². The SMILES string of the molecule is CCCCCCC=C[C@@H]1OCOC[C@H]1CCCO. The van der Waals surface area contributed by atoms with E-state index >= 15 is 0 Å². The molecule has 1 heterocycles. The Morgan fingerprint density at radius 3 is 2.89 bits per heavy atom. The van der Waals surface area contributed by atoms with Crippen molar-refractivity contribution in [3.8, 4) is 0 Å². The molecule has 1 fully saturated rings. The third kappa shape index (κ3) is 6.53. The largest absolute Gasteiger partial charge is 0.396 e. The van der Waals surface area contributed by atoms with E-state index in [1.165, 1.54) is 25.7 Å². The number of hydrogen-bond acceptors (Lipinski definition) is 3. The highest BCUT2D eigenvalue weighted by atomic mass is 16.7. The van der Waals surface area contributed by atoms with Gasteiger partial charge in [0, 0.05) is 12.5 Å². The predicted octanol–water partition coefficient (Wildman–Crippen LogP) is 3.27. The predicted molar refractivity (Wildman–Crippen MR) is 73.4 cm³/mol. The summed E-state index contributed by atoms with van der Waals surface area (Å²) in [5.74, 6) is 0.401. The second-order valence-corrected chi connectivity index (χ2v) is 5.02. The van der Waals surface area contributed by atoms with Crippen LogP contribution in [0.4, 0.5) is 0 Å². The van der Waals surface area contributed by atoms with Gasteiger partial charge in [0.2, 0.25) is 0 Å². The van der Waals surface area contributed by atoms with Crippen LogP contribution in [0.25, 0.3) is 0 Å². The standard InChI is InChI=1S/C15H28O3/c1-2-3-4-5-6-7-10-15-14(9-8-11-16)12-17-13-18-15/h7,10,14-16H,2-6,8-9,11-13H2,1H3/t14-,15+/m1/s1. The van der Waals surface area contributed by atoms with Crippen LogP contribution in [0, 0.1) is 5.92 Å². The fourth-order valence-corrected chi connectivity index (χ4v) is 2.29. The molecule has 3 nitrogen and oxygen atoms in total. The smallest absolute Gasteiger partial charge is 0.147 e. The molecular formula is C15H28O3. The number of unbranched alkanes of at least 4 members (excludes halogenated alkanes) is 4. The molecule has 1 aliphatic heterocycles. The Morgan fingerprint density at radius 2 is 2.11 bits per heavy atom. The number of rotatable bonds is 9. The van der Waals surface area contributed by atoms with E-state index in [1.807, 2.05) is 0 Å². The monoisotopic (exact) mass is 256 g/mol. The first kappa shape index (κ1) is 15.7. The van der Waals surface area contributed by atoms with Crippen molar-refractivity contribution < 1.29 is 14.6 Å². The average Bonchev–Trinajstić information content (AvgIpc) is 2.41. The van der Waals surface area contributed by atoms with Crippen molar-refractivity contribution in [2.24, 2.45) is 5.92 Å². The topological polar surface area (TPSA) is 38.7 Å². The summed E-state index contributed by atoms with van der Waals surface area (Å²) in [7, 11) is 0. The molecule has 0 radical (unpaired) electrons. The third-order valence-corrected chi connectivity index (χ3v) is 3.42. The molecular weight excluding hydrogens is 228 g/mol. The van der Waals surface area contributed by atoms with Gasteiger partial charge < -0.3 is 14.6 Å². The van der Waals surface area contributed by atoms with Crippen LogP contribution < -0.4 is 0 Å². The first-order chi connectivity index (χ1) is 8.88. The van der Waals surface area contributed by atoms with Gasteiger partial charge in [0.15, 0.2) is 0 Å². The van der Waals surface area contributed by atoms with E-state index < -0.39 is 0 Å². The average molecular weight is 256 g/mol. The first-order valence-corrected chi connectivity index (χ1v) is 7.35. The minimum Gasteiger partial charge on any atom is -0.396 e. The summed E-state index contributed by atoms with van der Waals surface area (Å²) in [5, 5.41) is 8.88. The number of allylic oxidation sites excluding steroid dienone is 1. The molecule has 0 amide bonds. The lowest BCUT2D eigenvalue weighted by Gasteiger charge is -2.29. The van der Waals surface area contributed by atoms with Crippen LogP contribution >= 0.6 is 0 Å². The van der Waals surface area contributed by atoms with Crippen LogP contribution in [-0.2, 0) is 9.47 Å². The zero-order valence-corrected chi connectivity index (χ0v) is 11.6. The fourth-order valence-electron chi connectivity index (χ4n) is 2.29. The number of ether oxygens (including phenoxy) is 2. The minimum atomic E-state index is 0.177. The molecule has 106 valence electrons. The molecule has 2 atom stereocenters. The van der Waals surface area contributed by atoms with E-state index in [0.29, 0.717) is 12.7 Å². The highest BCUT2D eigenvalue weighted by Crippen LogP contribution is 2.21. The van der Waals surface area contributed by atoms with Gasteiger partial charge in [-0.05, 0) is 25.7 Å². The van der Waals surface area contributed by atoms with Crippen molar-refractivity contribution in [1.82, 2.24) is 0 Å². The van der Waals surface area contributed by atoms with Gasteiger partial charge in [-0.1, -0.05) is 38.3 Å². The minimum absolute atomic E-state index is 0.177. The Morgan fingerprint density at radius 1 is 1.22 bits per heavy atom. The van der Waals surface area contributed by atoms with Crippen LogP contribution in [0.1, 0.15) is 51.9 Å². The number of aliphatic hydroxyl groups excluding tert-OH is 1. The maximum atomic E-state index is 8.88. The summed E-state index contributed by atoms with van der Waals surface area (Å²) in [6.45, 7) is 3.65. The van der Waals surface area contributed by atoms with Gasteiger partial charge in [0.05, 0.1) is 12.7 Å². The van der Waals surface area contributed by atoms with Gasteiger partial charge in [-0.3, -0.25) is 0 Å². The molecule has 0 saturated carbocycles. The fraction of sp³-hybridized carbons (Fsp3) is 0.867. The highest BCUT2D eigenvalue weighted by molar-refractivity contribution is 4.94. The lowest BCUT2D eigenvalue weighted by atomic mass is 9.96. The van der Waals surface area contributed by atoms with Crippen LogP contribution in [0.5, 0.6) is 0 Å². The zero-order chi connectivity index (χ0) is 13.1. The summed E-state index contributed by atoms with van der Waals surface area (Å²) in [5.41, 5.74) is 0. The lowest BCUT2D eigenvalue weighted by Crippen LogP contribution is -2.33. The second kappa shape index (κ2) is 10.5. The molecule has 0 aromatic carbocycles. The van der Waals surface area contributed by atoms with Gasteiger partial charge in [-0.25, -0.2) is 0 Å². The van der Waals surface area contributed by atoms with Crippen molar-refractivity contribution in [2.45, 2.75) is 58.0 Å². The quantitative estimate of drug-likeness (QED) is 0.508. The zero-order valence-electron chi connectivity index (χ0n) is 11.6. The van der Waals surface area contributed by atoms with Gasteiger partial charge in [0.25, 0.3) is 0 Å². The molecule has 3 heteroatoms. The molecule has 0 aromatic heterocycles. The van der Waals surface area contributed by atoms with Crippen LogP contribution in [-0.4, -0.2) is 31.2 Å². The first-order valence-electron chi connectivity index (χ1n) is 7.35. The molecule has 18 heavy (non-hydrogen) atoms. The maximum Gasteiger partial charge on any atom is 0.147 e. The Balaban J connectivity index is 2.21. The normalized spacial score (nSPS) is 24.8. The Hall–Kier alpha value is -0.380. The molecule has 1 aliphatic rings. The van der Waals surface area contributed by atoms with E-state index in [9.17, 15) is 0 Å². The summed E-state index contributed by atoms with van der Waals surface area (Å²) in [6.07, 6.45) is 12.8. The van der Waals surface area contributed by atoms with E-state index in [1.54, 1.807) is 0 Å². The van der Waals surface area contributed by atoms with Gasteiger partial charge >= 0.3 is 0 Å². The van der Waals surface area contributed by atoms with Crippen molar-refractivity contribution in [1.29, 1.82) is 0 Å². The van der Waals surface area contributed by atoms with E-state index in [0.717, 1.165) is 25.9 Å². The van der Waals surface area contributed by atoms with E-state index in [4.69, 9.17) is 14.6 Å². The highest BCUT2D eigenvalue weighted by Gasteiger charge is 2.23. The Kier molecular flexibility index (Phi) is 9.17. The third-order valence-electron chi connectivity index (χ3n) is 3.42. The van der Waals surface area contributed by atoms with Crippen molar-refractivity contribution in [3.05, 3.63) is 12.2 Å². The van der Waals surface area contributed by atoms with Crippen LogP contribution in [0.2, 0.25) is 0 Å². The molecule has 0 aromatic rings. The molecule has 1 saturated heterocycles. The van der Waals surface area contributed by atoms with Gasteiger partial charge in [-0.15, -0.1) is 0 Å². The lowest BCUT2D eigenvalue weighted by molar-refractivity contribution is -0.155. The molecule has 0 bridgehead atoms. The van der Waals surface area contributed by atoms with E-state index in [-0.39, 0.29) is 12.7 Å². The van der Waals surface area contributed by atoms with Crippen molar-refractivity contribution in [3.63, 3.8) is 0 Å². The van der Waals surface area contributed by atoms with E-state index in [2.05, 4.69) is 19.1 Å². The van der Waals surface area contributed by atoms with Crippen molar-refractivity contribution >= 4 is 0 Å². The van der Waals surface area contributed by atoms with Crippen LogP contribution in [0.15, 0.2) is 12.2 Å². The van der Waals surface area contributed by atoms with Gasteiger partial charge in [0.1, 0.15) is 6.79 Å². The number of hydrogen-bond donors (Lipinski definition) is 1. The summed E-state index contributed by atoms with van der Waals surface area (Å²) < 4.78 is 11.0. The van der Waals surface area contributed by atoms with Crippen molar-refractivity contribution in [2.75, 3.05) is 20.0 Å². The van der Waals surface area contributed by atoms with Gasteiger partial charge in [-0.2, -0.15) is 0 Å². The molecule has 1 rings (SSSR count). The maximum absolute atomic E-state index is 8.88. The second-order valence-electron chi connectivity index (χ2n) is 5.02.